The van der Waals surface area contributed by atoms with E-state index >= 15 is 0 Å². The molecule has 1 N–H and O–H groups in total. The molecule has 148 valence electrons. The van der Waals surface area contributed by atoms with E-state index in [4.69, 9.17) is 9.47 Å². The second kappa shape index (κ2) is 14.5. The third-order valence-electron chi connectivity index (χ3n) is 4.28. The lowest BCUT2D eigenvalue weighted by molar-refractivity contribution is 0.0952. The van der Waals surface area contributed by atoms with Gasteiger partial charge >= 0.3 is 0 Å². The maximum Gasteiger partial charge on any atom is 0.251 e. The van der Waals surface area contributed by atoms with Crippen molar-refractivity contribution in [1.29, 1.82) is 0 Å². The summed E-state index contributed by atoms with van der Waals surface area (Å²) in [7, 11) is 0. The quantitative estimate of drug-likeness (QED) is 0.404. The lowest BCUT2D eigenvalue weighted by Crippen LogP contribution is -2.24. The molecule has 1 aromatic carbocycles. The van der Waals surface area contributed by atoms with Crippen LogP contribution in [-0.2, 0) is 0 Å². The van der Waals surface area contributed by atoms with Crippen molar-refractivity contribution in [3.63, 3.8) is 0 Å². The van der Waals surface area contributed by atoms with Gasteiger partial charge in [0.1, 0.15) is 0 Å². The number of ether oxygens (including phenoxy) is 2. The first-order chi connectivity index (χ1) is 12.7. The Labute approximate surface area is 159 Å². The van der Waals surface area contributed by atoms with Gasteiger partial charge in [0.25, 0.3) is 5.91 Å². The molecule has 1 rings (SSSR count). The summed E-state index contributed by atoms with van der Waals surface area (Å²) in [5.41, 5.74) is 0.632. The lowest BCUT2D eigenvalue weighted by Gasteiger charge is -2.14. The van der Waals surface area contributed by atoms with Crippen LogP contribution in [0.4, 0.5) is 0 Å². The number of benzene rings is 1. The van der Waals surface area contributed by atoms with E-state index in [9.17, 15) is 4.79 Å². The van der Waals surface area contributed by atoms with Crippen molar-refractivity contribution in [2.45, 2.75) is 78.6 Å². The fourth-order valence-electron chi connectivity index (χ4n) is 2.63. The minimum Gasteiger partial charge on any atom is -0.490 e. The van der Waals surface area contributed by atoms with Crippen molar-refractivity contribution >= 4 is 5.91 Å². The molecule has 0 heterocycles. The molecule has 0 unspecified atom stereocenters. The van der Waals surface area contributed by atoms with E-state index < -0.39 is 0 Å². The zero-order valence-corrected chi connectivity index (χ0v) is 16.9. The number of carbonyl (C=O) groups excluding carboxylic acids is 1. The highest BCUT2D eigenvalue weighted by molar-refractivity contribution is 5.94. The zero-order valence-electron chi connectivity index (χ0n) is 16.9. The van der Waals surface area contributed by atoms with Gasteiger partial charge in [0.2, 0.25) is 0 Å². The molecule has 0 aliphatic heterocycles. The lowest BCUT2D eigenvalue weighted by atomic mass is 10.1. The maximum atomic E-state index is 12.3. The van der Waals surface area contributed by atoms with Gasteiger partial charge in [0, 0.05) is 12.1 Å². The fourth-order valence-corrected chi connectivity index (χ4v) is 2.63. The van der Waals surface area contributed by atoms with Crippen LogP contribution in [0.15, 0.2) is 18.2 Å². The molecule has 0 saturated carbocycles. The third-order valence-corrected chi connectivity index (χ3v) is 4.28. The summed E-state index contributed by atoms with van der Waals surface area (Å²) < 4.78 is 11.8. The number of hydrogen-bond acceptors (Lipinski definition) is 3. The fraction of sp³-hybridized carbons (Fsp3) is 0.682. The van der Waals surface area contributed by atoms with Crippen LogP contribution in [0.5, 0.6) is 11.5 Å². The zero-order chi connectivity index (χ0) is 19.0. The van der Waals surface area contributed by atoms with E-state index in [-0.39, 0.29) is 5.91 Å². The highest BCUT2D eigenvalue weighted by atomic mass is 16.5. The van der Waals surface area contributed by atoms with Crippen molar-refractivity contribution in [2.75, 3.05) is 19.8 Å². The molecule has 0 aliphatic rings. The Morgan fingerprint density at radius 2 is 1.38 bits per heavy atom. The van der Waals surface area contributed by atoms with E-state index in [1.165, 1.54) is 6.42 Å². The second-order valence-electron chi connectivity index (χ2n) is 6.74. The summed E-state index contributed by atoms with van der Waals surface area (Å²) in [6.45, 7) is 8.56. The van der Waals surface area contributed by atoms with Gasteiger partial charge in [-0.15, -0.1) is 0 Å². The minimum absolute atomic E-state index is 0.0444. The van der Waals surface area contributed by atoms with E-state index in [1.807, 2.05) is 18.2 Å². The van der Waals surface area contributed by atoms with E-state index in [1.54, 1.807) is 0 Å². The van der Waals surface area contributed by atoms with Crippen LogP contribution in [0.2, 0.25) is 0 Å². The van der Waals surface area contributed by atoms with Crippen molar-refractivity contribution in [2.24, 2.45) is 0 Å². The SMILES string of the molecule is CCCCCNC(=O)c1ccc(OCCCCC)c(OCCCCC)c1. The molecule has 0 fully saturated rings. The molecule has 0 aromatic heterocycles. The summed E-state index contributed by atoms with van der Waals surface area (Å²) in [5.74, 6) is 1.37. The van der Waals surface area contributed by atoms with Gasteiger partial charge in [-0.1, -0.05) is 59.3 Å². The normalized spacial score (nSPS) is 10.6. The van der Waals surface area contributed by atoms with Crippen molar-refractivity contribution in [1.82, 2.24) is 5.32 Å². The third kappa shape index (κ3) is 9.12. The number of nitrogens with one attached hydrogen (secondary N) is 1. The predicted octanol–water partition coefficient (Wildman–Crippen LogP) is 5.74. The standard InChI is InChI=1S/C22H37NO3/c1-4-7-10-15-23-22(24)19-13-14-20(25-16-11-8-5-2)21(18-19)26-17-12-9-6-3/h13-14,18H,4-12,15-17H2,1-3H3,(H,23,24). The molecule has 0 atom stereocenters. The van der Waals surface area contributed by atoms with Gasteiger partial charge in [0.05, 0.1) is 13.2 Å². The Balaban J connectivity index is 2.68. The largest absolute Gasteiger partial charge is 0.490 e. The summed E-state index contributed by atoms with van der Waals surface area (Å²) in [6, 6.07) is 5.50. The number of hydrogen-bond donors (Lipinski definition) is 1. The van der Waals surface area contributed by atoms with Crippen LogP contribution in [0, 0.1) is 0 Å². The highest BCUT2D eigenvalue weighted by Gasteiger charge is 2.12. The average Bonchev–Trinajstić information content (AvgIpc) is 2.66. The van der Waals surface area contributed by atoms with Gasteiger partial charge < -0.3 is 14.8 Å². The van der Waals surface area contributed by atoms with Crippen LogP contribution in [-0.4, -0.2) is 25.7 Å². The number of rotatable bonds is 15. The van der Waals surface area contributed by atoms with Gasteiger partial charge in [-0.3, -0.25) is 4.79 Å². The van der Waals surface area contributed by atoms with Crippen LogP contribution < -0.4 is 14.8 Å². The van der Waals surface area contributed by atoms with E-state index in [0.29, 0.717) is 31.1 Å². The van der Waals surface area contributed by atoms with Gasteiger partial charge in [-0.05, 0) is 37.5 Å². The molecular weight excluding hydrogens is 326 g/mol. The van der Waals surface area contributed by atoms with Gasteiger partial charge in [0.15, 0.2) is 11.5 Å². The Hall–Kier alpha value is -1.71. The molecule has 0 bridgehead atoms. The molecule has 1 aromatic rings. The first kappa shape index (κ1) is 22.3. The van der Waals surface area contributed by atoms with Crippen molar-refractivity contribution in [3.8, 4) is 11.5 Å². The van der Waals surface area contributed by atoms with Crippen molar-refractivity contribution in [3.05, 3.63) is 23.8 Å². The van der Waals surface area contributed by atoms with Gasteiger partial charge in [-0.2, -0.15) is 0 Å². The second-order valence-corrected chi connectivity index (χ2v) is 6.74. The van der Waals surface area contributed by atoms with Crippen LogP contribution >= 0.6 is 0 Å². The number of carbonyl (C=O) groups is 1. The predicted molar refractivity (Wildman–Crippen MR) is 108 cm³/mol. The Morgan fingerprint density at radius 1 is 0.808 bits per heavy atom. The summed E-state index contributed by atoms with van der Waals surface area (Å²) in [6.07, 6.45) is 9.97. The molecule has 4 heteroatoms. The molecule has 1 amide bonds. The summed E-state index contributed by atoms with van der Waals surface area (Å²) >= 11 is 0. The Bertz CT molecular complexity index is 502. The smallest absolute Gasteiger partial charge is 0.251 e. The molecule has 0 aliphatic carbocycles. The summed E-state index contributed by atoms with van der Waals surface area (Å²) in [5, 5.41) is 2.98. The Morgan fingerprint density at radius 3 is 2.00 bits per heavy atom. The molecule has 26 heavy (non-hydrogen) atoms. The Kier molecular flexibility index (Phi) is 12.4. The molecular formula is C22H37NO3. The molecule has 0 saturated heterocycles. The monoisotopic (exact) mass is 363 g/mol. The maximum absolute atomic E-state index is 12.3. The molecule has 0 radical (unpaired) electrons. The van der Waals surface area contributed by atoms with Crippen LogP contribution in [0.3, 0.4) is 0 Å². The van der Waals surface area contributed by atoms with Crippen molar-refractivity contribution < 1.29 is 14.3 Å². The first-order valence-electron chi connectivity index (χ1n) is 10.4. The van der Waals surface area contributed by atoms with Crippen LogP contribution in [0.1, 0.15) is 88.9 Å². The number of amides is 1. The average molecular weight is 364 g/mol. The first-order valence-corrected chi connectivity index (χ1v) is 10.4. The molecule has 4 nitrogen and oxygen atoms in total. The number of unbranched alkanes of at least 4 members (excludes halogenated alkanes) is 6. The van der Waals surface area contributed by atoms with E-state index in [0.717, 1.165) is 57.1 Å². The van der Waals surface area contributed by atoms with Gasteiger partial charge in [-0.25, -0.2) is 0 Å². The topological polar surface area (TPSA) is 47.6 Å². The minimum atomic E-state index is -0.0444. The van der Waals surface area contributed by atoms with E-state index in [2.05, 4.69) is 26.1 Å². The van der Waals surface area contributed by atoms with Crippen LogP contribution in [0.25, 0.3) is 0 Å². The summed E-state index contributed by atoms with van der Waals surface area (Å²) in [4.78, 5) is 12.3. The highest BCUT2D eigenvalue weighted by Crippen LogP contribution is 2.29. The molecule has 0 spiro atoms.